The van der Waals surface area contributed by atoms with Crippen molar-refractivity contribution >= 4 is 28.1 Å². The van der Waals surface area contributed by atoms with Crippen molar-refractivity contribution in [3.8, 4) is 0 Å². The van der Waals surface area contributed by atoms with Gasteiger partial charge in [-0.15, -0.1) is 10.8 Å². The first-order valence-electron chi connectivity index (χ1n) is 8.73. The predicted molar refractivity (Wildman–Crippen MR) is 111 cm³/mol. The molecule has 10 nitrogen and oxygen atoms in total. The summed E-state index contributed by atoms with van der Waals surface area (Å²) in [4.78, 5) is 10.2. The Labute approximate surface area is 162 Å². The molecule has 3 rings (SSSR count). The van der Waals surface area contributed by atoms with Gasteiger partial charge in [-0.25, -0.2) is 14.7 Å². The minimum atomic E-state index is -2.87. The van der Waals surface area contributed by atoms with Crippen molar-refractivity contribution in [1.29, 1.82) is 0 Å². The number of nitrogens with zero attached hydrogens (tertiary/aromatic N) is 3. The lowest BCUT2D eigenvalue weighted by Crippen LogP contribution is -2.35. The summed E-state index contributed by atoms with van der Waals surface area (Å²) < 4.78 is 31.8. The molecule has 1 saturated heterocycles. The summed E-state index contributed by atoms with van der Waals surface area (Å²) in [7, 11) is 1.87. The van der Waals surface area contributed by atoms with Gasteiger partial charge in [0.05, 0.1) is 12.8 Å². The number of methoxy groups -OCH3 is 1. The molecule has 2 atom stereocenters. The largest absolute Gasteiger partial charge is 0.388 e. The molecule has 1 aromatic rings. The minimum Gasteiger partial charge on any atom is -0.388 e. The molecular weight excluding hydrogens is 372 g/mol. The number of aromatic nitrogens is 2. The molecule has 0 aromatic carbocycles. The minimum absolute atomic E-state index is 0.130. The molecule has 2 aliphatic heterocycles. The van der Waals surface area contributed by atoms with Gasteiger partial charge in [-0.3, -0.25) is 9.11 Å². The van der Waals surface area contributed by atoms with Gasteiger partial charge < -0.3 is 25.4 Å². The molecule has 11 heteroatoms. The van der Waals surface area contributed by atoms with E-state index in [1.165, 1.54) is 18.8 Å². The fourth-order valence-corrected chi connectivity index (χ4v) is 3.07. The van der Waals surface area contributed by atoms with Gasteiger partial charge in [0.2, 0.25) is 0 Å². The Morgan fingerprint density at radius 2 is 2.04 bits per heavy atom. The van der Waals surface area contributed by atoms with Crippen LogP contribution in [0.2, 0.25) is 0 Å². The zero-order chi connectivity index (χ0) is 20.4. The molecule has 6 N–H and O–H groups in total. The quantitative estimate of drug-likeness (QED) is 0.508. The van der Waals surface area contributed by atoms with Gasteiger partial charge in [0.15, 0.2) is 11.6 Å². The Bertz CT molecular complexity index is 604. The van der Waals surface area contributed by atoms with Crippen LogP contribution in [0.15, 0.2) is 17.8 Å². The fourth-order valence-electron chi connectivity index (χ4n) is 2.53. The lowest BCUT2D eigenvalue weighted by molar-refractivity contribution is 0.0700. The van der Waals surface area contributed by atoms with Crippen LogP contribution in [0.4, 0.5) is 17.3 Å². The second-order valence-corrected chi connectivity index (χ2v) is 7.37. The molecule has 1 fully saturated rings. The van der Waals surface area contributed by atoms with E-state index in [4.69, 9.17) is 10.5 Å². The van der Waals surface area contributed by atoms with E-state index in [1.54, 1.807) is 20.3 Å². The monoisotopic (exact) mass is 404 g/mol. The Kier molecular flexibility index (Phi) is 9.77. The standard InChI is InChI=1S/C12H20N6O3S.C2H6O.C2H6/c1-14-22(19,20)5-4-8-2-3-9(21-8)18-7-17-10-11(13)15-6-16-12(10)18;1-3-2;1-2/h4-6,8-9,14,17,19-20H,2-3,7H2,1H3,(H2,13,15,16);1-2H3;1-2H3/b5-4+;;. The Morgan fingerprint density at radius 3 is 2.67 bits per heavy atom. The molecule has 0 aliphatic carbocycles. The van der Waals surface area contributed by atoms with Gasteiger partial charge in [-0.05, 0) is 18.9 Å². The number of hydrogen-bond acceptors (Lipinski definition) is 10. The number of ether oxygens (including phenoxy) is 2. The Morgan fingerprint density at radius 1 is 1.37 bits per heavy atom. The zero-order valence-electron chi connectivity index (χ0n) is 16.5. The normalized spacial score (nSPS) is 21.7. The third-order valence-electron chi connectivity index (χ3n) is 3.72. The van der Waals surface area contributed by atoms with Crippen LogP contribution >= 0.6 is 10.8 Å². The third-order valence-corrected chi connectivity index (χ3v) is 4.85. The summed E-state index contributed by atoms with van der Waals surface area (Å²) in [5.41, 5.74) is 6.55. The van der Waals surface area contributed by atoms with Crippen molar-refractivity contribution in [1.82, 2.24) is 14.7 Å². The van der Waals surface area contributed by atoms with Crippen molar-refractivity contribution in [2.75, 3.05) is 43.9 Å². The maximum absolute atomic E-state index is 9.56. The van der Waals surface area contributed by atoms with Crippen molar-refractivity contribution < 1.29 is 18.6 Å². The van der Waals surface area contributed by atoms with Gasteiger partial charge in [-0.1, -0.05) is 13.8 Å². The molecule has 27 heavy (non-hydrogen) atoms. The van der Waals surface area contributed by atoms with Crippen LogP contribution in [0, 0.1) is 0 Å². The highest BCUT2D eigenvalue weighted by Crippen LogP contribution is 2.38. The van der Waals surface area contributed by atoms with Crippen molar-refractivity contribution in [3.63, 3.8) is 0 Å². The first-order valence-corrected chi connectivity index (χ1v) is 10.3. The van der Waals surface area contributed by atoms with Crippen LogP contribution in [0.1, 0.15) is 26.7 Å². The van der Waals surface area contributed by atoms with E-state index in [1.807, 2.05) is 18.7 Å². The molecule has 0 radical (unpaired) electrons. The predicted octanol–water partition coefficient (Wildman–Crippen LogP) is 2.44. The molecule has 0 bridgehead atoms. The number of nitrogens with one attached hydrogen (secondary N) is 2. The highest BCUT2D eigenvalue weighted by molar-refractivity contribution is 8.25. The second-order valence-electron chi connectivity index (χ2n) is 5.50. The number of anilines is 3. The summed E-state index contributed by atoms with van der Waals surface area (Å²) >= 11 is 0. The van der Waals surface area contributed by atoms with Gasteiger partial charge in [-0.2, -0.15) is 0 Å². The molecule has 1 aromatic heterocycles. The number of hydrogen-bond donors (Lipinski definition) is 5. The SMILES string of the molecule is CC.CNS(O)(O)/C=C/C1CCC(N2CNc3c(N)ncnc32)O1.COC. The highest BCUT2D eigenvalue weighted by Gasteiger charge is 2.34. The summed E-state index contributed by atoms with van der Waals surface area (Å²) in [5.74, 6) is 1.16. The first kappa shape index (κ1) is 23.4. The van der Waals surface area contributed by atoms with Gasteiger partial charge in [0.1, 0.15) is 18.2 Å². The van der Waals surface area contributed by atoms with Crippen LogP contribution in [-0.4, -0.2) is 59.3 Å². The van der Waals surface area contributed by atoms with Gasteiger partial charge in [0, 0.05) is 26.7 Å². The van der Waals surface area contributed by atoms with E-state index in [0.29, 0.717) is 12.5 Å². The number of nitrogen functional groups attached to an aromatic ring is 1. The van der Waals surface area contributed by atoms with Gasteiger partial charge in [0.25, 0.3) is 0 Å². The summed E-state index contributed by atoms with van der Waals surface area (Å²) in [6.45, 7) is 4.56. The highest BCUT2D eigenvalue weighted by atomic mass is 32.3. The molecule has 0 amide bonds. The molecule has 156 valence electrons. The summed E-state index contributed by atoms with van der Waals surface area (Å²) in [6.07, 6.45) is 4.44. The Balaban J connectivity index is 0.000000665. The molecular formula is C16H32N6O4S. The lowest BCUT2D eigenvalue weighted by Gasteiger charge is -2.27. The van der Waals surface area contributed by atoms with Crippen molar-refractivity contribution in [2.24, 2.45) is 0 Å². The topological polar surface area (TPSA) is 138 Å². The molecule has 2 aliphatic rings. The van der Waals surface area contributed by atoms with Crippen LogP contribution in [0.25, 0.3) is 0 Å². The smallest absolute Gasteiger partial charge is 0.161 e. The average molecular weight is 405 g/mol. The number of rotatable bonds is 4. The van der Waals surface area contributed by atoms with E-state index < -0.39 is 10.8 Å². The van der Waals surface area contributed by atoms with E-state index >= 15 is 0 Å². The van der Waals surface area contributed by atoms with Crippen molar-refractivity contribution in [2.45, 2.75) is 39.0 Å². The summed E-state index contributed by atoms with van der Waals surface area (Å²) in [5, 5.41) is 4.53. The van der Waals surface area contributed by atoms with E-state index in [-0.39, 0.29) is 12.3 Å². The van der Waals surface area contributed by atoms with E-state index in [2.05, 4.69) is 24.7 Å². The third kappa shape index (κ3) is 6.48. The second kappa shape index (κ2) is 11.3. The molecule has 3 heterocycles. The average Bonchev–Trinajstić information content (AvgIpc) is 3.30. The first-order chi connectivity index (χ1) is 12.9. The molecule has 2 unspecified atom stereocenters. The molecule has 0 spiro atoms. The van der Waals surface area contributed by atoms with Crippen molar-refractivity contribution in [3.05, 3.63) is 17.8 Å². The number of fused-ring (bicyclic) bond motifs is 1. The van der Waals surface area contributed by atoms with Gasteiger partial charge >= 0.3 is 0 Å². The van der Waals surface area contributed by atoms with E-state index in [0.717, 1.165) is 24.3 Å². The number of nitrogens with two attached hydrogens (primary N) is 1. The fraction of sp³-hybridized carbons (Fsp3) is 0.625. The molecule has 0 saturated carbocycles. The Hall–Kier alpha value is -1.63. The maximum Gasteiger partial charge on any atom is 0.161 e. The van der Waals surface area contributed by atoms with Crippen LogP contribution < -0.4 is 20.7 Å². The summed E-state index contributed by atoms with van der Waals surface area (Å²) in [6, 6.07) is 0. The maximum atomic E-state index is 9.56. The van der Waals surface area contributed by atoms with Crippen LogP contribution in [0.3, 0.4) is 0 Å². The van der Waals surface area contributed by atoms with Crippen LogP contribution in [-0.2, 0) is 9.47 Å². The van der Waals surface area contributed by atoms with Crippen LogP contribution in [0.5, 0.6) is 0 Å². The zero-order valence-corrected chi connectivity index (χ0v) is 17.4. The lowest BCUT2D eigenvalue weighted by atomic mass is 10.2. The van der Waals surface area contributed by atoms with E-state index in [9.17, 15) is 9.11 Å².